The number of likely N-dealkylation sites (tertiary alicyclic amines) is 1. The molecule has 1 heterocycles. The lowest BCUT2D eigenvalue weighted by Crippen LogP contribution is -2.38. The molecule has 2 aliphatic rings. The molecule has 2 unspecified atom stereocenters. The summed E-state index contributed by atoms with van der Waals surface area (Å²) >= 11 is 0. The third-order valence-electron chi connectivity index (χ3n) is 5.02. The summed E-state index contributed by atoms with van der Waals surface area (Å²) < 4.78 is 14.2. The summed E-state index contributed by atoms with van der Waals surface area (Å²) in [6, 6.07) is 6.74. The van der Waals surface area contributed by atoms with E-state index in [9.17, 15) is 14.3 Å². The molecule has 1 aromatic rings. The first kappa shape index (κ1) is 14.5. The van der Waals surface area contributed by atoms with Gasteiger partial charge < -0.3 is 5.11 Å². The summed E-state index contributed by atoms with van der Waals surface area (Å²) in [7, 11) is 0. The average Bonchev–Trinajstić information content (AvgIpc) is 2.93. The number of nitrogens with zero attached hydrogens (tertiary/aromatic N) is 1. The van der Waals surface area contributed by atoms with Crippen molar-refractivity contribution in [3.05, 3.63) is 35.6 Å². The molecule has 1 saturated heterocycles. The maximum absolute atomic E-state index is 14.2. The van der Waals surface area contributed by atoms with Gasteiger partial charge in [0.15, 0.2) is 0 Å². The van der Waals surface area contributed by atoms with Gasteiger partial charge in [-0.3, -0.25) is 9.69 Å². The molecule has 2 atom stereocenters. The third-order valence-corrected chi connectivity index (χ3v) is 5.02. The molecule has 1 aliphatic carbocycles. The number of carboxylic acid groups (broad SMARTS) is 1. The van der Waals surface area contributed by atoms with E-state index in [0.717, 1.165) is 19.4 Å². The van der Waals surface area contributed by atoms with Gasteiger partial charge in [0.25, 0.3) is 0 Å². The number of hydrogen-bond acceptors (Lipinski definition) is 2. The normalized spacial score (nSPS) is 27.9. The number of rotatable bonds is 3. The zero-order valence-electron chi connectivity index (χ0n) is 12.2. The highest BCUT2D eigenvalue weighted by Crippen LogP contribution is 2.42. The van der Waals surface area contributed by atoms with Gasteiger partial charge in [0, 0.05) is 11.6 Å². The fourth-order valence-electron chi connectivity index (χ4n) is 4.01. The predicted octanol–water partition coefficient (Wildman–Crippen LogP) is 3.61. The van der Waals surface area contributed by atoms with Crippen molar-refractivity contribution in [3.8, 4) is 0 Å². The molecular weight excluding hydrogens is 269 g/mol. The van der Waals surface area contributed by atoms with E-state index in [0.29, 0.717) is 18.0 Å². The Labute approximate surface area is 124 Å². The van der Waals surface area contributed by atoms with E-state index in [2.05, 4.69) is 4.90 Å². The summed E-state index contributed by atoms with van der Waals surface area (Å²) in [5.41, 5.74) is 0.549. The second kappa shape index (κ2) is 6.14. The predicted molar refractivity (Wildman–Crippen MR) is 78.5 cm³/mol. The van der Waals surface area contributed by atoms with Crippen molar-refractivity contribution >= 4 is 5.97 Å². The van der Waals surface area contributed by atoms with Crippen molar-refractivity contribution in [1.29, 1.82) is 0 Å². The van der Waals surface area contributed by atoms with E-state index in [1.807, 2.05) is 0 Å². The molecule has 0 spiro atoms. The van der Waals surface area contributed by atoms with Crippen LogP contribution in [0.15, 0.2) is 24.3 Å². The van der Waals surface area contributed by atoms with Crippen molar-refractivity contribution in [2.24, 2.45) is 5.92 Å². The van der Waals surface area contributed by atoms with Crippen molar-refractivity contribution in [3.63, 3.8) is 0 Å². The standard InChI is InChI=1S/C17H22FNO2/c18-15-9-5-4-8-13(15)16-14(17(20)21)10-11-19(16)12-6-2-1-3-7-12/h4-5,8-9,12,14,16H,1-3,6-7,10-11H2,(H,20,21). The molecule has 3 rings (SSSR count). The molecule has 0 radical (unpaired) electrons. The van der Waals surface area contributed by atoms with E-state index < -0.39 is 11.9 Å². The Morgan fingerprint density at radius 1 is 1.14 bits per heavy atom. The topological polar surface area (TPSA) is 40.5 Å². The summed E-state index contributed by atoms with van der Waals surface area (Å²) in [4.78, 5) is 13.8. The summed E-state index contributed by atoms with van der Waals surface area (Å²) in [6.45, 7) is 0.765. The lowest BCUT2D eigenvalue weighted by Gasteiger charge is -2.36. The summed E-state index contributed by atoms with van der Waals surface area (Å²) in [5.74, 6) is -1.58. The van der Waals surface area contributed by atoms with Crippen molar-refractivity contribution in [2.75, 3.05) is 6.54 Å². The summed E-state index contributed by atoms with van der Waals surface area (Å²) in [6.07, 6.45) is 6.49. The van der Waals surface area contributed by atoms with Gasteiger partial charge in [-0.25, -0.2) is 4.39 Å². The second-order valence-electron chi connectivity index (χ2n) is 6.23. The molecule has 3 nitrogen and oxygen atoms in total. The Morgan fingerprint density at radius 3 is 2.52 bits per heavy atom. The fourth-order valence-corrected chi connectivity index (χ4v) is 4.01. The van der Waals surface area contributed by atoms with Gasteiger partial charge in [-0.1, -0.05) is 37.5 Å². The lowest BCUT2D eigenvalue weighted by atomic mass is 9.89. The van der Waals surface area contributed by atoms with Crippen LogP contribution in [0.5, 0.6) is 0 Å². The van der Waals surface area contributed by atoms with Crippen molar-refractivity contribution in [1.82, 2.24) is 4.90 Å². The van der Waals surface area contributed by atoms with Crippen LogP contribution in [0.3, 0.4) is 0 Å². The molecule has 114 valence electrons. The Kier molecular flexibility index (Phi) is 4.24. The molecule has 1 aromatic carbocycles. The number of benzene rings is 1. The van der Waals surface area contributed by atoms with Crippen LogP contribution in [0.4, 0.5) is 4.39 Å². The Balaban J connectivity index is 1.92. The number of halogens is 1. The van der Waals surface area contributed by atoms with Gasteiger partial charge in [-0.15, -0.1) is 0 Å². The Hall–Kier alpha value is -1.42. The van der Waals surface area contributed by atoms with Crippen LogP contribution in [0.2, 0.25) is 0 Å². The van der Waals surface area contributed by atoms with Gasteiger partial charge in [0.1, 0.15) is 5.82 Å². The first-order chi connectivity index (χ1) is 10.2. The highest BCUT2D eigenvalue weighted by Gasteiger charge is 2.43. The van der Waals surface area contributed by atoms with Crippen LogP contribution in [0.25, 0.3) is 0 Å². The largest absolute Gasteiger partial charge is 0.481 e. The molecule has 2 fully saturated rings. The maximum Gasteiger partial charge on any atom is 0.308 e. The quantitative estimate of drug-likeness (QED) is 0.925. The molecule has 0 bridgehead atoms. The van der Waals surface area contributed by atoms with Crippen LogP contribution >= 0.6 is 0 Å². The Morgan fingerprint density at radius 2 is 1.86 bits per heavy atom. The number of hydrogen-bond donors (Lipinski definition) is 1. The minimum atomic E-state index is -0.804. The van der Waals surface area contributed by atoms with Crippen LogP contribution in [0.1, 0.15) is 50.1 Å². The second-order valence-corrected chi connectivity index (χ2v) is 6.23. The first-order valence-corrected chi connectivity index (χ1v) is 7.91. The van der Waals surface area contributed by atoms with Gasteiger partial charge in [-0.05, 0) is 31.9 Å². The van der Waals surface area contributed by atoms with Gasteiger partial charge in [0.2, 0.25) is 0 Å². The molecule has 1 N–H and O–H groups in total. The monoisotopic (exact) mass is 291 g/mol. The zero-order chi connectivity index (χ0) is 14.8. The molecule has 21 heavy (non-hydrogen) atoms. The van der Waals surface area contributed by atoms with Crippen molar-refractivity contribution < 1.29 is 14.3 Å². The third kappa shape index (κ3) is 2.82. The minimum absolute atomic E-state index is 0.281. The number of aliphatic carboxylic acids is 1. The van der Waals surface area contributed by atoms with Gasteiger partial charge >= 0.3 is 5.97 Å². The smallest absolute Gasteiger partial charge is 0.308 e. The van der Waals surface area contributed by atoms with Crippen molar-refractivity contribution in [2.45, 2.75) is 50.6 Å². The van der Waals surface area contributed by atoms with Crippen LogP contribution in [-0.4, -0.2) is 28.6 Å². The maximum atomic E-state index is 14.2. The SMILES string of the molecule is O=C(O)C1CCN(C2CCCCC2)C1c1ccccc1F. The van der Waals surface area contributed by atoms with E-state index in [-0.39, 0.29) is 11.9 Å². The van der Waals surface area contributed by atoms with E-state index >= 15 is 0 Å². The molecule has 1 aliphatic heterocycles. The molecular formula is C17H22FNO2. The Bertz CT molecular complexity index is 513. The fraction of sp³-hybridized carbons (Fsp3) is 0.588. The lowest BCUT2D eigenvalue weighted by molar-refractivity contribution is -0.142. The average molecular weight is 291 g/mol. The first-order valence-electron chi connectivity index (χ1n) is 7.91. The summed E-state index contributed by atoms with van der Waals surface area (Å²) in [5, 5.41) is 9.50. The zero-order valence-corrected chi connectivity index (χ0v) is 12.2. The highest BCUT2D eigenvalue weighted by molar-refractivity contribution is 5.71. The van der Waals surface area contributed by atoms with Crippen LogP contribution in [0, 0.1) is 11.7 Å². The number of carbonyl (C=O) groups is 1. The molecule has 4 heteroatoms. The number of carboxylic acids is 1. The van der Waals surface area contributed by atoms with E-state index in [1.165, 1.54) is 25.3 Å². The van der Waals surface area contributed by atoms with Gasteiger partial charge in [0.05, 0.1) is 12.0 Å². The van der Waals surface area contributed by atoms with E-state index in [1.54, 1.807) is 18.2 Å². The van der Waals surface area contributed by atoms with Crippen LogP contribution in [-0.2, 0) is 4.79 Å². The highest BCUT2D eigenvalue weighted by atomic mass is 19.1. The molecule has 1 saturated carbocycles. The minimum Gasteiger partial charge on any atom is -0.481 e. The molecule has 0 aromatic heterocycles. The molecule has 0 amide bonds. The van der Waals surface area contributed by atoms with E-state index in [4.69, 9.17) is 0 Å². The van der Waals surface area contributed by atoms with Gasteiger partial charge in [-0.2, -0.15) is 0 Å². The van der Waals surface area contributed by atoms with Crippen LogP contribution < -0.4 is 0 Å².